The highest BCUT2D eigenvalue weighted by atomic mass is 15.2. The van der Waals surface area contributed by atoms with Crippen molar-refractivity contribution in [1.29, 1.82) is 0 Å². The van der Waals surface area contributed by atoms with Gasteiger partial charge in [-0.3, -0.25) is 4.90 Å². The van der Waals surface area contributed by atoms with Gasteiger partial charge in [0.25, 0.3) is 6.71 Å². The van der Waals surface area contributed by atoms with Gasteiger partial charge in [0.2, 0.25) is 0 Å². The molecule has 0 bridgehead atoms. The van der Waals surface area contributed by atoms with Crippen molar-refractivity contribution >= 4 is 57.4 Å². The third-order valence-electron chi connectivity index (χ3n) is 14.4. The molecule has 4 aromatic carbocycles. The maximum Gasteiger partial charge on any atom is 0.254 e. The fourth-order valence-electron chi connectivity index (χ4n) is 10.0. The first kappa shape index (κ1) is 43.3. The summed E-state index contributed by atoms with van der Waals surface area (Å²) < 4.78 is 0. The Balaban J connectivity index is 1.57. The molecule has 4 heteroatoms. The third kappa shape index (κ3) is 7.36. The molecule has 0 spiro atoms. The molecule has 0 amide bonds. The monoisotopic (exact) mass is 812 g/mol. The number of anilines is 6. The minimum Gasteiger partial charge on any atom is -0.311 e. The van der Waals surface area contributed by atoms with Crippen LogP contribution in [0.25, 0.3) is 0 Å². The smallest absolute Gasteiger partial charge is 0.254 e. The second kappa shape index (κ2) is 13.6. The largest absolute Gasteiger partial charge is 0.311 e. The predicted octanol–water partition coefficient (Wildman–Crippen LogP) is 14.0. The van der Waals surface area contributed by atoms with E-state index in [1.165, 1.54) is 85.4 Å². The van der Waals surface area contributed by atoms with Crippen LogP contribution in [0.2, 0.25) is 0 Å². The quantitative estimate of drug-likeness (QED) is 0.162. The van der Waals surface area contributed by atoms with Crippen LogP contribution in [0.5, 0.6) is 0 Å². The van der Waals surface area contributed by atoms with Crippen molar-refractivity contribution in [3.05, 3.63) is 118 Å². The zero-order valence-electron chi connectivity index (χ0n) is 41.3. The average molecular weight is 812 g/mol. The van der Waals surface area contributed by atoms with E-state index in [2.05, 4.69) is 220 Å². The van der Waals surface area contributed by atoms with Crippen LogP contribution in [0.1, 0.15) is 183 Å². The molecule has 0 atom stereocenters. The van der Waals surface area contributed by atoms with E-state index in [-0.39, 0.29) is 44.6 Å². The molecule has 5 aromatic rings. The SMILES string of the molecule is CC(C)(C)c1ccc(N2c3ccc(C(C)(C)C)cc3B3c4cc5c(cc4N(c4cc(C(C)(C)C)cc(C(C)(C)C)c4)c4cc(C(C)(C)C)nc2c43)C(C)(C)CCC5(C)C)cc1. The Morgan fingerprint density at radius 3 is 1.44 bits per heavy atom. The molecule has 320 valence electrons. The van der Waals surface area contributed by atoms with Gasteiger partial charge in [0.05, 0.1) is 5.69 Å². The van der Waals surface area contributed by atoms with Crippen LogP contribution in [0, 0.1) is 0 Å². The summed E-state index contributed by atoms with van der Waals surface area (Å²) in [5.74, 6) is 1.04. The Labute approximate surface area is 370 Å². The molecule has 61 heavy (non-hydrogen) atoms. The van der Waals surface area contributed by atoms with Crippen molar-refractivity contribution < 1.29 is 0 Å². The number of hydrogen-bond acceptors (Lipinski definition) is 3. The lowest BCUT2D eigenvalue weighted by atomic mass is 9.33. The lowest BCUT2D eigenvalue weighted by Crippen LogP contribution is -2.62. The van der Waals surface area contributed by atoms with Gasteiger partial charge in [-0.25, -0.2) is 4.98 Å². The van der Waals surface area contributed by atoms with E-state index in [1.54, 1.807) is 0 Å². The second-order valence-corrected chi connectivity index (χ2v) is 25.4. The minimum atomic E-state index is -0.198. The number of fused-ring (bicyclic) bond motifs is 5. The summed E-state index contributed by atoms with van der Waals surface area (Å²) in [5, 5.41) is 0. The Kier molecular flexibility index (Phi) is 9.66. The van der Waals surface area contributed by atoms with Crippen LogP contribution in [0.4, 0.5) is 34.3 Å². The van der Waals surface area contributed by atoms with E-state index in [0.717, 1.165) is 17.2 Å². The van der Waals surface area contributed by atoms with E-state index in [9.17, 15) is 0 Å². The van der Waals surface area contributed by atoms with E-state index in [1.807, 2.05) is 0 Å². The Morgan fingerprint density at radius 1 is 0.443 bits per heavy atom. The van der Waals surface area contributed by atoms with Crippen molar-refractivity contribution in [2.24, 2.45) is 0 Å². The van der Waals surface area contributed by atoms with Crippen molar-refractivity contribution in [1.82, 2.24) is 4.98 Å². The summed E-state index contributed by atoms with van der Waals surface area (Å²) in [4.78, 5) is 11.0. The predicted molar refractivity (Wildman–Crippen MR) is 267 cm³/mol. The summed E-state index contributed by atoms with van der Waals surface area (Å²) in [5.41, 5.74) is 19.5. The summed E-state index contributed by atoms with van der Waals surface area (Å²) in [6, 6.07) is 31.9. The maximum absolute atomic E-state index is 5.83. The highest BCUT2D eigenvalue weighted by Gasteiger charge is 2.48. The molecule has 0 saturated carbocycles. The molecule has 0 radical (unpaired) electrons. The summed E-state index contributed by atoms with van der Waals surface area (Å²) in [6.45, 7) is 45.0. The van der Waals surface area contributed by atoms with Gasteiger partial charge in [0.15, 0.2) is 0 Å². The number of benzene rings is 4. The molecule has 1 aliphatic carbocycles. The number of hydrogen-bond donors (Lipinski definition) is 0. The zero-order chi connectivity index (χ0) is 44.8. The van der Waals surface area contributed by atoms with Gasteiger partial charge in [-0.2, -0.15) is 0 Å². The van der Waals surface area contributed by atoms with Crippen LogP contribution >= 0.6 is 0 Å². The zero-order valence-corrected chi connectivity index (χ0v) is 41.3. The molecule has 0 N–H and O–H groups in total. The molecule has 3 aliphatic rings. The van der Waals surface area contributed by atoms with E-state index in [0.29, 0.717) is 0 Å². The Hall–Kier alpha value is -4.31. The molecular weight excluding hydrogens is 737 g/mol. The number of nitrogens with zero attached hydrogens (tertiary/aromatic N) is 3. The van der Waals surface area contributed by atoms with Gasteiger partial charge >= 0.3 is 0 Å². The fraction of sp³-hybridized carbons (Fsp3) is 0.491. The molecule has 0 unspecified atom stereocenters. The van der Waals surface area contributed by atoms with Crippen molar-refractivity contribution in [3.8, 4) is 0 Å². The van der Waals surface area contributed by atoms with Gasteiger partial charge in [-0.15, -0.1) is 0 Å². The molecule has 0 fully saturated rings. The fourth-order valence-corrected chi connectivity index (χ4v) is 10.0. The van der Waals surface area contributed by atoms with E-state index < -0.39 is 0 Å². The van der Waals surface area contributed by atoms with Gasteiger partial charge in [-0.05, 0) is 138 Å². The summed E-state index contributed by atoms with van der Waals surface area (Å²) in [6.07, 6.45) is 2.34. The first-order valence-electron chi connectivity index (χ1n) is 23.1. The van der Waals surface area contributed by atoms with Gasteiger partial charge in [0.1, 0.15) is 5.82 Å². The van der Waals surface area contributed by atoms with E-state index >= 15 is 0 Å². The third-order valence-corrected chi connectivity index (χ3v) is 14.4. The normalized spacial score (nSPS) is 17.1. The molecule has 8 rings (SSSR count). The van der Waals surface area contributed by atoms with Gasteiger partial charge in [-0.1, -0.05) is 168 Å². The lowest BCUT2D eigenvalue weighted by Gasteiger charge is -2.47. The van der Waals surface area contributed by atoms with Crippen molar-refractivity contribution in [2.75, 3.05) is 9.80 Å². The van der Waals surface area contributed by atoms with Crippen LogP contribution in [0.15, 0.2) is 78.9 Å². The van der Waals surface area contributed by atoms with Crippen LogP contribution in [0.3, 0.4) is 0 Å². The number of pyridine rings is 1. The van der Waals surface area contributed by atoms with Crippen LogP contribution in [-0.2, 0) is 37.9 Å². The highest BCUT2D eigenvalue weighted by molar-refractivity contribution is 7.00. The Bertz CT molecular complexity index is 2520. The summed E-state index contributed by atoms with van der Waals surface area (Å²) >= 11 is 0. The highest BCUT2D eigenvalue weighted by Crippen LogP contribution is 2.51. The van der Waals surface area contributed by atoms with Crippen molar-refractivity contribution in [3.63, 3.8) is 0 Å². The number of rotatable bonds is 2. The molecular formula is C57H74BN3. The van der Waals surface area contributed by atoms with Crippen molar-refractivity contribution in [2.45, 2.75) is 182 Å². The molecule has 3 heterocycles. The molecule has 0 saturated heterocycles. The molecule has 2 aliphatic heterocycles. The number of aromatic nitrogens is 1. The molecule has 1 aromatic heterocycles. The van der Waals surface area contributed by atoms with Crippen LogP contribution < -0.4 is 26.2 Å². The second-order valence-electron chi connectivity index (χ2n) is 25.4. The van der Waals surface area contributed by atoms with Crippen LogP contribution in [-0.4, -0.2) is 11.7 Å². The minimum absolute atomic E-state index is 0.000749. The van der Waals surface area contributed by atoms with Gasteiger partial charge in [0, 0.05) is 33.9 Å². The first-order chi connectivity index (χ1) is 27.9. The summed E-state index contributed by atoms with van der Waals surface area (Å²) in [7, 11) is 0. The molecule has 3 nitrogen and oxygen atoms in total. The topological polar surface area (TPSA) is 19.4 Å². The first-order valence-corrected chi connectivity index (χ1v) is 23.1. The lowest BCUT2D eigenvalue weighted by molar-refractivity contribution is 0.332. The average Bonchev–Trinajstić information content (AvgIpc) is 3.14. The Morgan fingerprint density at radius 2 is 0.934 bits per heavy atom. The standard InChI is InChI=1S/C57H74BN3/c1-51(2,3)35-20-23-39(24-21-35)61-45-25-22-36(52(4,5)6)31-43(45)58-44-32-41-42(57(18,19)27-26-56(41,16)17)33-46(44)60(47-34-48(55(13,14)15)59-50(61)49(47)58)40-29-37(53(7,8)9)28-38(30-40)54(10,11)12/h20-25,28-34H,26-27H2,1-19H3. The van der Waals surface area contributed by atoms with Gasteiger partial charge < -0.3 is 4.90 Å². The maximum atomic E-state index is 5.83. The van der Waals surface area contributed by atoms with E-state index in [4.69, 9.17) is 4.98 Å².